The van der Waals surface area contributed by atoms with Crippen molar-refractivity contribution in [3.05, 3.63) is 255 Å². The van der Waals surface area contributed by atoms with E-state index in [0.29, 0.717) is 59.6 Å². The van der Waals surface area contributed by atoms with Crippen LogP contribution in [0.3, 0.4) is 0 Å². The first-order valence-electron chi connectivity index (χ1n) is 45.2. The molecule has 32 heteroatoms. The smallest absolute Gasteiger partial charge is 0.306 e. The topological polar surface area (TPSA) is 371 Å². The number of carbonyl (C=O) groups is 8. The van der Waals surface area contributed by atoms with E-state index in [9.17, 15) is 38.4 Å². The Labute approximate surface area is 789 Å². The largest absolute Gasteiger partial charge is 0.497 e. The van der Waals surface area contributed by atoms with Crippen molar-refractivity contribution in [2.45, 2.75) is 181 Å². The van der Waals surface area contributed by atoms with Crippen LogP contribution >= 0.6 is 23.9 Å². The van der Waals surface area contributed by atoms with Crippen molar-refractivity contribution in [2.24, 2.45) is 0 Å². The number of aryl methyl sites for hydroxylation is 11. The van der Waals surface area contributed by atoms with Crippen molar-refractivity contribution in [1.29, 1.82) is 0 Å². The maximum absolute atomic E-state index is 12.2. The molecule has 8 aromatic carbocycles. The van der Waals surface area contributed by atoms with E-state index in [2.05, 4.69) is 142 Å². The predicted octanol–water partition coefficient (Wildman–Crippen LogP) is 13.7. The fourth-order valence-corrected chi connectivity index (χ4v) is 16.3. The summed E-state index contributed by atoms with van der Waals surface area (Å²) in [7, 11) is 1.65. The molecular formula is C101H132N8O22S2. The molecule has 4 fully saturated rings. The number of benzene rings is 8. The zero-order chi connectivity index (χ0) is 93.9. The fraction of sp³-hybridized carbons (Fsp3) is 0.446. The van der Waals surface area contributed by atoms with Gasteiger partial charge in [-0.2, -0.15) is 5.48 Å². The highest BCUT2D eigenvalue weighted by Gasteiger charge is 2.29. The number of hydrogen-bond donors (Lipinski definition) is 8. The molecule has 0 aliphatic carbocycles. The number of nitrogens with one attached hydrogen (secondary N) is 4. The van der Waals surface area contributed by atoms with Crippen LogP contribution in [-0.2, 0) is 133 Å². The normalized spacial score (nSPS) is 14.6. The summed E-state index contributed by atoms with van der Waals surface area (Å²) in [6.45, 7) is 13.0. The molecule has 0 radical (unpaired) electrons. The molecule has 4 unspecified atom stereocenters. The second-order valence-corrected chi connectivity index (χ2v) is 34.0. The van der Waals surface area contributed by atoms with Crippen LogP contribution in [0.4, 0.5) is 0 Å². The monoisotopic (exact) mass is 1870 g/mol. The van der Waals surface area contributed by atoms with Crippen molar-refractivity contribution in [3.63, 3.8) is 0 Å². The summed E-state index contributed by atoms with van der Waals surface area (Å²) < 4.78 is 57.3. The molecule has 720 valence electrons. The molecule has 133 heavy (non-hydrogen) atoms. The Bertz CT molecular complexity index is 4260. The number of carboxylic acid groups (broad SMARTS) is 4. The molecular weight excluding hydrogens is 1740 g/mol. The maximum Gasteiger partial charge on any atom is 0.306 e. The van der Waals surface area contributed by atoms with Gasteiger partial charge in [-0.15, -0.1) is 0 Å². The molecule has 0 spiro atoms. The Morgan fingerprint density at radius 3 is 1.05 bits per heavy atom. The van der Waals surface area contributed by atoms with E-state index < -0.39 is 72.2 Å². The van der Waals surface area contributed by atoms with Gasteiger partial charge in [0, 0.05) is 38.5 Å². The van der Waals surface area contributed by atoms with E-state index in [-0.39, 0.29) is 85.2 Å². The van der Waals surface area contributed by atoms with Gasteiger partial charge in [-0.1, -0.05) is 210 Å². The molecule has 12 rings (SSSR count). The molecule has 0 bridgehead atoms. The molecule has 4 heterocycles. The van der Waals surface area contributed by atoms with Crippen LogP contribution in [0.1, 0.15) is 147 Å². The van der Waals surface area contributed by atoms with Crippen LogP contribution in [0.15, 0.2) is 194 Å². The van der Waals surface area contributed by atoms with Crippen molar-refractivity contribution in [2.75, 3.05) is 111 Å². The molecule has 4 saturated heterocycles. The summed E-state index contributed by atoms with van der Waals surface area (Å²) in [6.07, 6.45) is 7.42. The lowest BCUT2D eigenvalue weighted by atomic mass is 10.0. The van der Waals surface area contributed by atoms with Crippen LogP contribution in [0, 0.1) is 0 Å². The summed E-state index contributed by atoms with van der Waals surface area (Å²) in [5.41, 5.74) is 22.2. The van der Waals surface area contributed by atoms with Crippen LogP contribution in [0.2, 0.25) is 0 Å². The molecule has 4 aliphatic rings. The number of hydroxylamine groups is 1. The Balaban J connectivity index is 0.000000218. The third-order valence-electron chi connectivity index (χ3n) is 21.6. The third-order valence-corrected chi connectivity index (χ3v) is 23.6. The number of ether oxygens (including phenoxy) is 9. The molecule has 0 amide bonds. The number of methoxy groups -OCH3 is 1. The van der Waals surface area contributed by atoms with Gasteiger partial charge in [-0.3, -0.25) is 57.9 Å². The zero-order valence-corrected chi connectivity index (χ0v) is 77.6. The van der Waals surface area contributed by atoms with Crippen molar-refractivity contribution < 1.29 is 106 Å². The quantitative estimate of drug-likeness (QED) is 0.00997. The zero-order valence-electron chi connectivity index (χ0n) is 76.0. The highest BCUT2D eigenvalue weighted by Crippen LogP contribution is 2.29. The van der Waals surface area contributed by atoms with E-state index in [4.69, 9.17) is 67.9 Å². The van der Waals surface area contributed by atoms with Gasteiger partial charge >= 0.3 is 47.8 Å². The average Bonchev–Trinajstić information content (AvgIpc) is 1.35. The molecule has 30 nitrogen and oxygen atoms in total. The summed E-state index contributed by atoms with van der Waals surface area (Å²) >= 11 is 3.34. The van der Waals surface area contributed by atoms with E-state index in [1.54, 1.807) is 31.0 Å². The number of hydrazine groups is 1. The minimum atomic E-state index is -1.03. The lowest BCUT2D eigenvalue weighted by molar-refractivity contribution is -0.154. The first kappa shape index (κ1) is 107. The highest BCUT2D eigenvalue weighted by molar-refractivity contribution is 7.97. The summed E-state index contributed by atoms with van der Waals surface area (Å²) in [4.78, 5) is 103. The van der Waals surface area contributed by atoms with Gasteiger partial charge in [-0.05, 0) is 175 Å². The Morgan fingerprint density at radius 2 is 0.722 bits per heavy atom. The predicted molar refractivity (Wildman–Crippen MR) is 511 cm³/mol. The standard InChI is InChI=1S/C26H33NO5S.C25H32N2O6.C25H32N2O5S.C24H31N3O6.CH4/c1-2-20-7-5-8-21(17-20)11-12-22-9-3-4-10-24(22)31-19-23(18-27-15-6-16-33-27)32-26(30)14-13-25(28)29;1-2-19-6-5-7-20(14-19)10-11-21-8-3-4-9-23(21)31-16-22(15-27-17-26-32-18-27)33-25(30)13-12-24(28)29;1-2-19-6-5-7-20(14-19)10-11-21-8-3-4-9-23(21)31-16-22(15-27-17-26-33-18-27)32-25(30)13-12-24(28)29;1-31-20-7-4-5-18(13-20)9-10-19-6-2-3-8-22(19)32-15-21(14-27-16-25-26-17-27)33-24(30)12-11-23(28)29;/h3-5,7-10,17,23H,2,6,11-16,18-19H2,1H3,(H,28,29);2*3-9,14,22,26H,2,10-13,15-18H2,1H3,(H,28,29);2-8,13,21,25-26H,9-12,14-17H2,1H3,(H,28,29);1H4. The van der Waals surface area contributed by atoms with Gasteiger partial charge in [0.25, 0.3) is 0 Å². The SMILES string of the molecule is C.CCc1cccc(CCc2ccccc2OCC(CN2CCCS2)OC(=O)CCC(=O)O)c1.CCc1cccc(CCc2ccccc2OCC(CN2CNOC2)OC(=O)CCC(=O)O)c1.CCc1cccc(CCc2ccccc2OCC(CN2CNSC2)OC(=O)CCC(=O)O)c1.COc1cccc(CCc2ccccc2OCC(CN2CNNC2)OC(=O)CCC(=O)O)c1. The summed E-state index contributed by atoms with van der Waals surface area (Å²) in [5.74, 6) is -0.450. The number of hydrogen-bond acceptors (Lipinski definition) is 28. The van der Waals surface area contributed by atoms with Crippen LogP contribution < -0.4 is 44.7 Å². The minimum Gasteiger partial charge on any atom is -0.497 e. The van der Waals surface area contributed by atoms with E-state index in [1.807, 2.05) is 113 Å². The molecule has 0 aromatic heterocycles. The number of carbonyl (C=O) groups excluding carboxylic acids is 4. The second kappa shape index (κ2) is 60.9. The van der Waals surface area contributed by atoms with Crippen molar-refractivity contribution in [1.82, 2.24) is 40.1 Å². The molecule has 8 N–H and O–H groups in total. The summed E-state index contributed by atoms with van der Waals surface area (Å²) in [5, 5.41) is 35.3. The first-order valence-corrected chi connectivity index (χ1v) is 47.1. The number of esters is 4. The van der Waals surface area contributed by atoms with Crippen molar-refractivity contribution in [3.8, 4) is 28.7 Å². The Kier molecular flexibility index (Phi) is 49.1. The summed E-state index contributed by atoms with van der Waals surface area (Å²) in [6, 6.07) is 65.5. The fourth-order valence-electron chi connectivity index (χ4n) is 14.5. The molecule has 4 aliphatic heterocycles. The Hall–Kier alpha value is -11.1. The molecule has 4 atom stereocenters. The minimum absolute atomic E-state index is 0. The third kappa shape index (κ3) is 42.3. The van der Waals surface area contributed by atoms with Crippen LogP contribution in [-0.4, -0.2) is 223 Å². The maximum atomic E-state index is 12.2. The van der Waals surface area contributed by atoms with Crippen LogP contribution in [0.5, 0.6) is 28.7 Å². The van der Waals surface area contributed by atoms with Gasteiger partial charge < -0.3 is 63.1 Å². The lowest BCUT2D eigenvalue weighted by Crippen LogP contribution is -2.38. The van der Waals surface area contributed by atoms with Gasteiger partial charge in [0.1, 0.15) is 86.3 Å². The lowest BCUT2D eigenvalue weighted by Gasteiger charge is -2.23. The van der Waals surface area contributed by atoms with E-state index >= 15 is 0 Å². The van der Waals surface area contributed by atoms with Gasteiger partial charge in [-0.25, -0.2) is 19.9 Å². The van der Waals surface area contributed by atoms with E-state index in [1.165, 1.54) is 38.9 Å². The Morgan fingerprint density at radius 1 is 0.383 bits per heavy atom. The van der Waals surface area contributed by atoms with Gasteiger partial charge in [0.15, 0.2) is 0 Å². The number of nitrogens with zero attached hydrogens (tertiary/aromatic N) is 4. The van der Waals surface area contributed by atoms with E-state index in [0.717, 1.165) is 146 Å². The molecule has 8 aromatic rings. The van der Waals surface area contributed by atoms with Crippen LogP contribution in [0.25, 0.3) is 0 Å². The number of para-hydroxylation sites is 4. The van der Waals surface area contributed by atoms with Gasteiger partial charge in [0.2, 0.25) is 0 Å². The molecule has 0 saturated carbocycles. The highest BCUT2D eigenvalue weighted by atomic mass is 32.2. The van der Waals surface area contributed by atoms with Gasteiger partial charge in [0.05, 0.1) is 91.0 Å². The van der Waals surface area contributed by atoms with Crippen molar-refractivity contribution >= 4 is 71.7 Å². The average molecular weight is 1870 g/mol. The number of aliphatic carboxylic acids is 4. The number of carboxylic acids is 4. The number of rotatable bonds is 52. The first-order chi connectivity index (χ1) is 64.1. The second-order valence-electron chi connectivity index (χ2n) is 32.0.